The summed E-state index contributed by atoms with van der Waals surface area (Å²) in [6.45, 7) is 0. The smallest absolute Gasteiger partial charge is 0.348 e. The summed E-state index contributed by atoms with van der Waals surface area (Å²) < 4.78 is 10.4. The van der Waals surface area contributed by atoms with Crippen molar-refractivity contribution in [1.82, 2.24) is 4.98 Å². The maximum absolute atomic E-state index is 5.18. The van der Waals surface area contributed by atoms with Crippen molar-refractivity contribution >= 4 is 57.9 Å². The van der Waals surface area contributed by atoms with Crippen molar-refractivity contribution in [2.75, 3.05) is 14.2 Å². The molecule has 3 aromatic rings. The lowest BCUT2D eigenvalue weighted by Crippen LogP contribution is -3.00. The van der Waals surface area contributed by atoms with Gasteiger partial charge in [0.2, 0.25) is 0 Å². The fourth-order valence-electron chi connectivity index (χ4n) is 1.90. The third-order valence-corrected chi connectivity index (χ3v) is 5.33. The van der Waals surface area contributed by atoms with Crippen molar-refractivity contribution in [2.45, 2.75) is 0 Å². The molecule has 0 N–H and O–H groups in total. The molecule has 3 nitrogen and oxygen atoms in total. The monoisotopic (exact) mass is 697 g/mol. The molecule has 0 aliphatic rings. The summed E-state index contributed by atoms with van der Waals surface area (Å²) >= 11 is 4.24. The average Bonchev–Trinajstić information content (AvgIpc) is 3.13. The van der Waals surface area contributed by atoms with E-state index in [1.54, 1.807) is 34.9 Å². The molecule has 0 aliphatic heterocycles. The summed E-state index contributed by atoms with van der Waals surface area (Å²) in [6.07, 6.45) is 0. The van der Waals surface area contributed by atoms with Crippen molar-refractivity contribution in [1.29, 1.82) is 0 Å². The lowest BCUT2D eigenvalue weighted by molar-refractivity contribution is -0.00000480. The van der Waals surface area contributed by atoms with E-state index in [-0.39, 0.29) is 24.0 Å². The lowest BCUT2D eigenvalue weighted by atomic mass is 10.2. The molecule has 8 heteroatoms. The zero-order chi connectivity index (χ0) is 16.7. The van der Waals surface area contributed by atoms with Gasteiger partial charge in [-0.05, 0) is 48.5 Å². The van der Waals surface area contributed by atoms with Gasteiger partial charge in [-0.3, -0.25) is 0 Å². The highest BCUT2D eigenvalue weighted by atomic mass is 128. The molecule has 0 bridgehead atoms. The van der Waals surface area contributed by atoms with Crippen LogP contribution < -0.4 is 33.5 Å². The molecular formula is C16H14I3NO2S2. The Balaban J connectivity index is 0.000000925. The van der Waals surface area contributed by atoms with Gasteiger partial charge in [0, 0.05) is 42.8 Å². The third-order valence-electron chi connectivity index (χ3n) is 3.08. The molecule has 0 saturated carbocycles. The van der Waals surface area contributed by atoms with Crippen LogP contribution >= 0.6 is 57.9 Å². The van der Waals surface area contributed by atoms with Crippen LogP contribution in [0.2, 0.25) is 0 Å². The molecule has 24 heavy (non-hydrogen) atoms. The highest BCUT2D eigenvalue weighted by Gasteiger charge is 2.19. The number of ether oxygens (including phenoxy) is 2. The quantitative estimate of drug-likeness (QED) is 0.238. The van der Waals surface area contributed by atoms with E-state index >= 15 is 0 Å². The summed E-state index contributed by atoms with van der Waals surface area (Å²) in [5, 5.41) is 2.04. The highest BCUT2D eigenvalue weighted by molar-refractivity contribution is 15.0. The topological polar surface area (TPSA) is 31.4 Å². The summed E-state index contributed by atoms with van der Waals surface area (Å²) in [5.74, 6) is 1.71. The zero-order valence-electron chi connectivity index (χ0n) is 12.8. The lowest BCUT2D eigenvalue weighted by Gasteiger charge is -1.99. The number of nitrogens with zero attached hydrogens (tertiary/aromatic N) is 1. The van der Waals surface area contributed by atoms with Gasteiger partial charge >= 0.3 is 15.3 Å². The Kier molecular flexibility index (Phi) is 10.9. The van der Waals surface area contributed by atoms with Gasteiger partial charge < -0.3 is 33.5 Å². The molecule has 0 aliphatic carbocycles. The van der Waals surface area contributed by atoms with Crippen LogP contribution in [0.15, 0.2) is 48.5 Å². The Morgan fingerprint density at radius 2 is 1.29 bits per heavy atom. The number of hydrogen-bond acceptors (Lipinski definition) is 4. The van der Waals surface area contributed by atoms with Crippen LogP contribution in [0.4, 0.5) is 0 Å². The molecule has 0 atom stereocenters. The molecule has 1 heterocycles. The van der Waals surface area contributed by atoms with E-state index < -0.39 is 0 Å². The zero-order valence-corrected chi connectivity index (χ0v) is 20.9. The minimum absolute atomic E-state index is 0. The fraction of sp³-hybridized carbons (Fsp3) is 0.125. The predicted octanol–water partition coefficient (Wildman–Crippen LogP) is 3.61. The van der Waals surface area contributed by atoms with Crippen LogP contribution in [0.1, 0.15) is 0 Å². The summed E-state index contributed by atoms with van der Waals surface area (Å²) in [7, 11) is 6.70. The molecule has 2 aromatic carbocycles. The van der Waals surface area contributed by atoms with Crippen molar-refractivity contribution in [2.24, 2.45) is 0 Å². The first-order valence-electron chi connectivity index (χ1n) is 6.53. The van der Waals surface area contributed by atoms with E-state index in [1.807, 2.05) is 48.5 Å². The molecule has 0 radical (unpaired) electrons. The molecule has 0 saturated heterocycles. The Labute approximate surface area is 189 Å². The first-order valence-corrected chi connectivity index (χ1v) is 15.0. The van der Waals surface area contributed by atoms with Crippen molar-refractivity contribution in [3.05, 3.63) is 48.5 Å². The molecule has 3 rings (SSSR count). The Morgan fingerprint density at radius 1 is 0.833 bits per heavy atom. The van der Waals surface area contributed by atoms with E-state index in [0.717, 1.165) is 32.6 Å². The van der Waals surface area contributed by atoms with E-state index in [9.17, 15) is 0 Å². The number of rotatable bonds is 4. The molecule has 0 amide bonds. The first kappa shape index (κ1) is 22.3. The summed E-state index contributed by atoms with van der Waals surface area (Å²) in [6, 6.07) is 15.9. The van der Waals surface area contributed by atoms with E-state index in [1.165, 1.54) is 0 Å². The summed E-state index contributed by atoms with van der Waals surface area (Å²) in [4.78, 5) is 4.72. The Hall–Kier alpha value is 0.210. The van der Waals surface area contributed by atoms with E-state index in [0.29, 0.717) is 0 Å². The largest absolute Gasteiger partial charge is 1.00 e. The first-order chi connectivity index (χ1) is 11.3. The Morgan fingerprint density at radius 3 is 1.75 bits per heavy atom. The number of benzene rings is 2. The van der Waals surface area contributed by atoms with Gasteiger partial charge in [-0.2, -0.15) is 4.98 Å². The van der Waals surface area contributed by atoms with Crippen molar-refractivity contribution in [3.8, 4) is 32.6 Å². The molecule has 0 spiro atoms. The number of methoxy groups -OCH3 is 2. The SMILES string of the molecule is COc1ccc(-c2nc(-c3ccc(OC)cc3)[s+]s2)cc1.II.[I-]. The standard InChI is InChI=1S/C16H14NO2S2.I2.HI/c1-18-13-7-3-11(4-8-13)15-17-16(21-20-15)12-5-9-14(19-2)10-6-12;1-2;/h3-10H,1-2H3;;1H/q+1;;/p-1. The maximum Gasteiger partial charge on any atom is 0.348 e. The molecule has 0 fully saturated rings. The highest BCUT2D eigenvalue weighted by Crippen LogP contribution is 2.34. The second-order valence-electron chi connectivity index (χ2n) is 4.35. The van der Waals surface area contributed by atoms with Gasteiger partial charge in [-0.15, -0.1) is 0 Å². The van der Waals surface area contributed by atoms with Crippen LogP contribution in [0.5, 0.6) is 11.5 Å². The molecule has 0 unspecified atom stereocenters. The van der Waals surface area contributed by atoms with Gasteiger partial charge in [0.05, 0.1) is 19.8 Å². The van der Waals surface area contributed by atoms with Crippen LogP contribution in [-0.4, -0.2) is 19.2 Å². The number of aromatic nitrogens is 1. The number of hydrogen-bond donors (Lipinski definition) is 0. The fourth-order valence-corrected chi connectivity index (χ4v) is 4.11. The van der Waals surface area contributed by atoms with Crippen LogP contribution in [0.3, 0.4) is 0 Å². The average molecular weight is 697 g/mol. The minimum Gasteiger partial charge on any atom is -1.00 e. The van der Waals surface area contributed by atoms with Gasteiger partial charge in [0.25, 0.3) is 0 Å². The second-order valence-corrected chi connectivity index (χ2v) is 6.45. The third kappa shape index (κ3) is 5.88. The van der Waals surface area contributed by atoms with Gasteiger partial charge in [-0.25, -0.2) is 0 Å². The summed E-state index contributed by atoms with van der Waals surface area (Å²) in [5.41, 5.74) is 2.22. The number of halogens is 3. The predicted molar refractivity (Wildman–Crippen MR) is 116 cm³/mol. The van der Waals surface area contributed by atoms with Crippen molar-refractivity contribution in [3.63, 3.8) is 0 Å². The van der Waals surface area contributed by atoms with E-state index in [4.69, 9.17) is 14.5 Å². The van der Waals surface area contributed by atoms with Gasteiger partial charge in [-0.1, -0.05) is 0 Å². The van der Waals surface area contributed by atoms with Crippen molar-refractivity contribution < 1.29 is 33.5 Å². The normalized spacial score (nSPS) is 9.33. The van der Waals surface area contributed by atoms with E-state index in [2.05, 4.69) is 37.2 Å². The van der Waals surface area contributed by atoms with Gasteiger partial charge in [0.15, 0.2) is 15.3 Å². The minimum atomic E-state index is 0. The molecular weight excluding hydrogens is 683 g/mol. The molecule has 1 aromatic heterocycles. The Bertz CT molecular complexity index is 672. The van der Waals surface area contributed by atoms with Crippen LogP contribution in [0, 0.1) is 0 Å². The van der Waals surface area contributed by atoms with Crippen LogP contribution in [-0.2, 0) is 0 Å². The van der Waals surface area contributed by atoms with Crippen LogP contribution in [0.25, 0.3) is 21.1 Å². The second kappa shape index (κ2) is 11.8. The maximum atomic E-state index is 5.18. The molecule has 128 valence electrons. The van der Waals surface area contributed by atoms with Gasteiger partial charge in [0.1, 0.15) is 11.5 Å².